The van der Waals surface area contributed by atoms with Crippen LogP contribution in [0.3, 0.4) is 0 Å². The first kappa shape index (κ1) is 6.00. The second-order valence-corrected chi connectivity index (χ2v) is 1.64. The lowest BCUT2D eigenvalue weighted by atomic mass is 10.3. The van der Waals surface area contributed by atoms with Crippen LogP contribution < -0.4 is 0 Å². The van der Waals surface area contributed by atoms with E-state index in [0.29, 0.717) is 0 Å². The fourth-order valence-corrected chi connectivity index (χ4v) is 0.568. The predicted octanol–water partition coefficient (Wildman–Crippen LogP) is -0.260. The van der Waals surface area contributed by atoms with Crippen molar-refractivity contribution >= 4 is 5.97 Å². The van der Waals surface area contributed by atoms with Crippen LogP contribution in [0.4, 0.5) is 0 Å². The van der Waals surface area contributed by atoms with Crippen LogP contribution in [0, 0.1) is 16.7 Å². The number of cyclic esters (lactones) is 1. The highest BCUT2D eigenvalue weighted by molar-refractivity contribution is 5.76. The smallest absolute Gasteiger partial charge is 0.382 e. The van der Waals surface area contributed by atoms with E-state index in [0.717, 1.165) is 6.61 Å². The summed E-state index contributed by atoms with van der Waals surface area (Å²) in [6, 6.07) is -1.16. The lowest BCUT2D eigenvalue weighted by molar-refractivity contribution is -0.506. The average molecular weight is 130 g/mol. The number of ether oxygens (including phenoxy) is 1. The number of hydrogen-bond acceptors (Lipinski definition) is 4. The van der Waals surface area contributed by atoms with Crippen LogP contribution in [0.15, 0.2) is 0 Å². The Balaban J connectivity index is 2.60. The molecule has 5 nitrogen and oxygen atoms in total. The highest BCUT2D eigenvalue weighted by atomic mass is 16.6. The molecule has 9 heavy (non-hydrogen) atoms. The summed E-state index contributed by atoms with van der Waals surface area (Å²) in [5.74, 6) is -0.764. The molecule has 1 radical (unpaired) electrons. The van der Waals surface area contributed by atoms with Crippen molar-refractivity contribution in [3.63, 3.8) is 0 Å². The van der Waals surface area contributed by atoms with E-state index in [-0.39, 0.29) is 6.42 Å². The second-order valence-electron chi connectivity index (χ2n) is 1.64. The maximum absolute atomic E-state index is 10.3. The molecule has 49 valence electrons. The number of rotatable bonds is 1. The van der Waals surface area contributed by atoms with Gasteiger partial charge in [0.05, 0.1) is 6.42 Å². The molecule has 0 spiro atoms. The minimum atomic E-state index is -1.16. The van der Waals surface area contributed by atoms with Crippen molar-refractivity contribution in [2.24, 2.45) is 0 Å². The summed E-state index contributed by atoms with van der Waals surface area (Å²) in [6.07, 6.45) is 0.0891. The Hall–Kier alpha value is -1.13. The quantitative estimate of drug-likeness (QED) is 0.278. The van der Waals surface area contributed by atoms with Gasteiger partial charge in [0.25, 0.3) is 0 Å². The van der Waals surface area contributed by atoms with Gasteiger partial charge in [-0.15, -0.1) is 0 Å². The van der Waals surface area contributed by atoms with Crippen LogP contribution in [-0.2, 0) is 9.53 Å². The summed E-state index contributed by atoms with van der Waals surface area (Å²) in [7, 11) is 0. The van der Waals surface area contributed by atoms with Crippen molar-refractivity contribution in [3.8, 4) is 0 Å². The molecule has 0 aromatic carbocycles. The lowest BCUT2D eigenvalue weighted by Gasteiger charge is -1.91. The molecule has 1 aliphatic rings. The predicted molar refractivity (Wildman–Crippen MR) is 25.8 cm³/mol. The number of hydrogen-bond donors (Lipinski definition) is 0. The summed E-state index contributed by atoms with van der Waals surface area (Å²) in [5.41, 5.74) is 0. The molecule has 1 rings (SSSR count). The summed E-state index contributed by atoms with van der Waals surface area (Å²) in [5, 5.41) is 9.90. The number of carbonyl (C=O) groups excluding carboxylic acids is 1. The Morgan fingerprint density at radius 2 is 2.56 bits per heavy atom. The molecule has 1 saturated heterocycles. The normalized spacial score (nSPS) is 25.8. The minimum Gasteiger partial charge on any atom is -0.453 e. The van der Waals surface area contributed by atoms with Crippen LogP contribution >= 0.6 is 0 Å². The third-order valence-corrected chi connectivity index (χ3v) is 1.05. The van der Waals surface area contributed by atoms with Gasteiger partial charge in [-0.2, -0.15) is 0 Å². The van der Waals surface area contributed by atoms with Crippen LogP contribution in [0.5, 0.6) is 0 Å². The maximum Gasteiger partial charge on any atom is 0.382 e. The Morgan fingerprint density at radius 1 is 1.89 bits per heavy atom. The van der Waals surface area contributed by atoms with Crippen LogP contribution in [-0.4, -0.2) is 16.9 Å². The summed E-state index contributed by atoms with van der Waals surface area (Å²) in [4.78, 5) is 19.6. The fraction of sp³-hybridized carbons (Fsp3) is 0.500. The largest absolute Gasteiger partial charge is 0.453 e. The molecule has 0 amide bonds. The van der Waals surface area contributed by atoms with Crippen molar-refractivity contribution in [2.45, 2.75) is 12.5 Å². The fourth-order valence-electron chi connectivity index (χ4n) is 0.568. The highest BCUT2D eigenvalue weighted by Gasteiger charge is 2.37. The third-order valence-electron chi connectivity index (χ3n) is 1.05. The van der Waals surface area contributed by atoms with Gasteiger partial charge in [-0.3, -0.25) is 10.1 Å². The number of nitro groups is 1. The van der Waals surface area contributed by atoms with Crippen LogP contribution in [0.1, 0.15) is 6.42 Å². The van der Waals surface area contributed by atoms with E-state index in [1.54, 1.807) is 0 Å². The zero-order valence-electron chi connectivity index (χ0n) is 4.44. The first-order chi connectivity index (χ1) is 4.22. The lowest BCUT2D eigenvalue weighted by Crippen LogP contribution is -2.23. The number of carbonyl (C=O) groups is 1. The summed E-state index contributed by atoms with van der Waals surface area (Å²) in [6.45, 7) is 1.15. The second kappa shape index (κ2) is 2.00. The van der Waals surface area contributed by atoms with Gasteiger partial charge in [-0.1, -0.05) is 0 Å². The van der Waals surface area contributed by atoms with Gasteiger partial charge in [0, 0.05) is 4.92 Å². The third kappa shape index (κ3) is 0.984. The Bertz CT molecular complexity index is 155. The molecule has 1 fully saturated rings. The molecule has 1 heterocycles. The number of nitrogens with zero attached hydrogens (tertiary/aromatic N) is 1. The van der Waals surface area contributed by atoms with Crippen LogP contribution in [0.25, 0.3) is 0 Å². The van der Waals surface area contributed by atoms with Gasteiger partial charge in [0.15, 0.2) is 0 Å². The number of esters is 1. The first-order valence-electron chi connectivity index (χ1n) is 2.37. The van der Waals surface area contributed by atoms with Crippen LogP contribution in [0.2, 0.25) is 0 Å². The van der Waals surface area contributed by atoms with Crippen molar-refractivity contribution in [2.75, 3.05) is 0 Å². The SMILES string of the molecule is O=C1O[CH]CC1[N+](=O)[O-]. The Kier molecular flexibility index (Phi) is 1.33. The van der Waals surface area contributed by atoms with E-state index < -0.39 is 16.9 Å². The summed E-state index contributed by atoms with van der Waals surface area (Å²) < 4.78 is 4.22. The molecule has 0 saturated carbocycles. The first-order valence-corrected chi connectivity index (χ1v) is 2.37. The van der Waals surface area contributed by atoms with Gasteiger partial charge in [-0.05, 0) is 0 Å². The molecule has 0 aliphatic carbocycles. The molecule has 5 heteroatoms. The average Bonchev–Trinajstić information content (AvgIpc) is 2.13. The molecule has 0 bridgehead atoms. The molecular formula is C4H4NO4. The standard InChI is InChI=1S/C4H4NO4/c6-4-3(5(7)8)1-2-9-4/h2-3H,1H2. The van der Waals surface area contributed by atoms with E-state index in [1.807, 2.05) is 0 Å². The zero-order valence-corrected chi connectivity index (χ0v) is 4.44. The van der Waals surface area contributed by atoms with Crippen molar-refractivity contribution in [3.05, 3.63) is 16.7 Å². The van der Waals surface area contributed by atoms with Gasteiger partial charge < -0.3 is 4.74 Å². The van der Waals surface area contributed by atoms with E-state index in [1.165, 1.54) is 0 Å². The van der Waals surface area contributed by atoms with Gasteiger partial charge in [0.2, 0.25) is 0 Å². The van der Waals surface area contributed by atoms with Gasteiger partial charge in [0.1, 0.15) is 6.61 Å². The van der Waals surface area contributed by atoms with E-state index in [9.17, 15) is 14.9 Å². The van der Waals surface area contributed by atoms with E-state index in [2.05, 4.69) is 4.74 Å². The molecule has 0 aromatic rings. The Morgan fingerprint density at radius 3 is 2.78 bits per heavy atom. The maximum atomic E-state index is 10.3. The van der Waals surface area contributed by atoms with E-state index >= 15 is 0 Å². The van der Waals surface area contributed by atoms with Crippen molar-refractivity contribution in [1.82, 2.24) is 0 Å². The van der Waals surface area contributed by atoms with Gasteiger partial charge >= 0.3 is 12.0 Å². The van der Waals surface area contributed by atoms with E-state index in [4.69, 9.17) is 0 Å². The van der Waals surface area contributed by atoms with Crippen molar-refractivity contribution < 1.29 is 14.5 Å². The van der Waals surface area contributed by atoms with Gasteiger partial charge in [-0.25, -0.2) is 4.79 Å². The van der Waals surface area contributed by atoms with Crippen molar-refractivity contribution in [1.29, 1.82) is 0 Å². The topological polar surface area (TPSA) is 69.4 Å². The zero-order chi connectivity index (χ0) is 6.85. The molecule has 1 unspecified atom stereocenters. The minimum absolute atomic E-state index is 0.0891. The monoisotopic (exact) mass is 130 g/mol. The summed E-state index contributed by atoms with van der Waals surface area (Å²) >= 11 is 0. The molecule has 0 aromatic heterocycles. The Labute approximate surface area is 50.8 Å². The molecular weight excluding hydrogens is 126 g/mol. The molecule has 1 atom stereocenters. The molecule has 0 N–H and O–H groups in total. The highest BCUT2D eigenvalue weighted by Crippen LogP contribution is 2.11. The molecule has 1 aliphatic heterocycles.